The molecule has 19 heavy (non-hydrogen) atoms. The second kappa shape index (κ2) is 6.42. The van der Waals surface area contributed by atoms with Crippen LogP contribution in [-0.4, -0.2) is 25.2 Å². The zero-order valence-electron chi connectivity index (χ0n) is 10.3. The molecule has 0 aromatic heterocycles. The van der Waals surface area contributed by atoms with Crippen LogP contribution < -0.4 is 15.8 Å². The lowest BCUT2D eigenvalue weighted by atomic mass is 10.1. The molecule has 4 nitrogen and oxygen atoms in total. The van der Waals surface area contributed by atoms with Crippen molar-refractivity contribution in [2.45, 2.75) is 19.1 Å². The van der Waals surface area contributed by atoms with Crippen LogP contribution in [0.15, 0.2) is 24.3 Å². The van der Waals surface area contributed by atoms with Gasteiger partial charge < -0.3 is 15.8 Å². The van der Waals surface area contributed by atoms with Crippen LogP contribution in [0.2, 0.25) is 0 Å². The predicted molar refractivity (Wildman–Crippen MR) is 63.6 cm³/mol. The molecule has 1 aromatic rings. The fourth-order valence-corrected chi connectivity index (χ4v) is 1.29. The monoisotopic (exact) mass is 276 g/mol. The number of halogens is 3. The van der Waals surface area contributed by atoms with Gasteiger partial charge in [-0.25, -0.2) is 0 Å². The number of rotatable bonds is 5. The predicted octanol–water partition coefficient (Wildman–Crippen LogP) is 1.76. The van der Waals surface area contributed by atoms with Gasteiger partial charge in [0, 0.05) is 6.04 Å². The number of carbonyl (C=O) groups is 1. The lowest BCUT2D eigenvalue weighted by molar-refractivity contribution is -0.139. The van der Waals surface area contributed by atoms with Crippen LogP contribution in [0.5, 0.6) is 5.75 Å². The van der Waals surface area contributed by atoms with Gasteiger partial charge in [-0.05, 0) is 24.6 Å². The molecule has 1 rings (SSSR count). The van der Waals surface area contributed by atoms with Crippen LogP contribution in [-0.2, 0) is 4.79 Å². The average molecular weight is 276 g/mol. The Balaban J connectivity index is 2.44. The van der Waals surface area contributed by atoms with E-state index < -0.39 is 25.2 Å². The highest BCUT2D eigenvalue weighted by Gasteiger charge is 2.27. The maximum Gasteiger partial charge on any atom is 0.405 e. The van der Waals surface area contributed by atoms with Crippen molar-refractivity contribution in [2.24, 2.45) is 5.73 Å². The summed E-state index contributed by atoms with van der Waals surface area (Å²) in [6, 6.07) is 6.54. The number of alkyl halides is 3. The van der Waals surface area contributed by atoms with Crippen LogP contribution in [0.25, 0.3) is 0 Å². The van der Waals surface area contributed by atoms with Gasteiger partial charge in [-0.2, -0.15) is 13.2 Å². The van der Waals surface area contributed by atoms with Gasteiger partial charge in [0.25, 0.3) is 5.91 Å². The summed E-state index contributed by atoms with van der Waals surface area (Å²) in [6.07, 6.45) is -4.43. The number of benzene rings is 1. The molecule has 1 atom stereocenters. The summed E-state index contributed by atoms with van der Waals surface area (Å²) >= 11 is 0. The smallest absolute Gasteiger partial charge is 0.405 e. The van der Waals surface area contributed by atoms with Crippen molar-refractivity contribution < 1.29 is 22.7 Å². The normalized spacial score (nSPS) is 12.9. The summed E-state index contributed by atoms with van der Waals surface area (Å²) < 4.78 is 40.6. The Bertz CT molecular complexity index is 433. The minimum absolute atomic E-state index is 0.192. The summed E-state index contributed by atoms with van der Waals surface area (Å²) in [5.74, 6) is -0.444. The number of hydrogen-bond donors (Lipinski definition) is 2. The molecule has 0 saturated carbocycles. The van der Waals surface area contributed by atoms with Crippen molar-refractivity contribution in [3.63, 3.8) is 0 Å². The molecule has 1 amide bonds. The minimum atomic E-state index is -4.43. The molecule has 0 aliphatic carbocycles. The summed E-state index contributed by atoms with van der Waals surface area (Å²) in [5.41, 5.74) is 6.49. The molecule has 3 N–H and O–H groups in total. The summed E-state index contributed by atoms with van der Waals surface area (Å²) in [4.78, 5) is 11.1. The highest BCUT2D eigenvalue weighted by molar-refractivity contribution is 5.77. The Hall–Kier alpha value is -1.76. The van der Waals surface area contributed by atoms with Crippen LogP contribution in [0.3, 0.4) is 0 Å². The first kappa shape index (κ1) is 15.3. The standard InChI is InChI=1S/C12H15F3N2O2/c1-8(16)9-3-2-4-10(5-9)19-6-11(18)17-7-12(13,14)15/h2-5,8H,6-7,16H2,1H3,(H,17,18)/t8-/m1/s1. The third kappa shape index (κ3) is 6.10. The Labute approximate surface area is 108 Å². The molecule has 0 saturated heterocycles. The van der Waals surface area contributed by atoms with E-state index in [1.807, 2.05) is 0 Å². The van der Waals surface area contributed by atoms with Gasteiger partial charge in [0.05, 0.1) is 0 Å². The Morgan fingerprint density at radius 1 is 1.47 bits per heavy atom. The molecule has 0 heterocycles. The fourth-order valence-electron chi connectivity index (χ4n) is 1.29. The van der Waals surface area contributed by atoms with Gasteiger partial charge in [0.15, 0.2) is 6.61 Å². The number of nitrogens with one attached hydrogen (secondary N) is 1. The maximum absolute atomic E-state index is 11.9. The molecule has 0 fully saturated rings. The van der Waals surface area contributed by atoms with Gasteiger partial charge in [-0.15, -0.1) is 0 Å². The zero-order chi connectivity index (χ0) is 14.5. The molecule has 0 aliphatic heterocycles. The third-order valence-electron chi connectivity index (χ3n) is 2.24. The van der Waals surface area contributed by atoms with Crippen LogP contribution >= 0.6 is 0 Å². The zero-order valence-corrected chi connectivity index (χ0v) is 10.3. The lowest BCUT2D eigenvalue weighted by Gasteiger charge is -2.11. The first-order chi connectivity index (χ1) is 8.78. The van der Waals surface area contributed by atoms with Gasteiger partial charge in [0.2, 0.25) is 0 Å². The van der Waals surface area contributed by atoms with Crippen molar-refractivity contribution in [3.8, 4) is 5.75 Å². The van der Waals surface area contributed by atoms with Gasteiger partial charge in [-0.3, -0.25) is 4.79 Å². The number of nitrogens with two attached hydrogens (primary N) is 1. The Morgan fingerprint density at radius 2 is 2.16 bits per heavy atom. The number of amides is 1. The van der Waals surface area contributed by atoms with E-state index in [1.54, 1.807) is 36.5 Å². The SMILES string of the molecule is C[C@@H](N)c1cccc(OCC(=O)NCC(F)(F)F)c1. The van der Waals surface area contributed by atoms with Gasteiger partial charge in [0.1, 0.15) is 12.3 Å². The van der Waals surface area contributed by atoms with E-state index in [1.165, 1.54) is 0 Å². The van der Waals surface area contributed by atoms with Gasteiger partial charge >= 0.3 is 6.18 Å². The van der Waals surface area contributed by atoms with E-state index in [0.717, 1.165) is 5.56 Å². The molecule has 0 aliphatic rings. The molecule has 0 radical (unpaired) electrons. The molecule has 106 valence electrons. The van der Waals surface area contributed by atoms with Crippen molar-refractivity contribution in [1.29, 1.82) is 0 Å². The second-order valence-corrected chi connectivity index (χ2v) is 4.04. The van der Waals surface area contributed by atoms with Gasteiger partial charge in [-0.1, -0.05) is 12.1 Å². The number of carbonyl (C=O) groups excluding carboxylic acids is 1. The van der Waals surface area contributed by atoms with E-state index in [9.17, 15) is 18.0 Å². The maximum atomic E-state index is 11.9. The molecule has 1 aromatic carbocycles. The highest BCUT2D eigenvalue weighted by Crippen LogP contribution is 2.17. The molecule has 7 heteroatoms. The fraction of sp³-hybridized carbons (Fsp3) is 0.417. The lowest BCUT2D eigenvalue weighted by Crippen LogP contribution is -2.36. The Kier molecular flexibility index (Phi) is 5.17. The first-order valence-electron chi connectivity index (χ1n) is 5.60. The molecule has 0 spiro atoms. The quantitative estimate of drug-likeness (QED) is 0.861. The van der Waals surface area contributed by atoms with E-state index in [0.29, 0.717) is 5.75 Å². The topological polar surface area (TPSA) is 64.3 Å². The van der Waals surface area contributed by atoms with E-state index in [4.69, 9.17) is 10.5 Å². The van der Waals surface area contributed by atoms with E-state index >= 15 is 0 Å². The number of ether oxygens (including phenoxy) is 1. The summed E-state index contributed by atoms with van der Waals surface area (Å²) in [5, 5.41) is 1.72. The highest BCUT2D eigenvalue weighted by atomic mass is 19.4. The van der Waals surface area contributed by atoms with Crippen molar-refractivity contribution in [1.82, 2.24) is 5.32 Å². The van der Waals surface area contributed by atoms with Crippen LogP contribution in [0.1, 0.15) is 18.5 Å². The van der Waals surface area contributed by atoms with E-state index in [2.05, 4.69) is 0 Å². The summed E-state index contributed by atoms with van der Waals surface area (Å²) in [7, 11) is 0. The molecule has 0 unspecified atom stereocenters. The minimum Gasteiger partial charge on any atom is -0.484 e. The van der Waals surface area contributed by atoms with Crippen molar-refractivity contribution >= 4 is 5.91 Å². The first-order valence-corrected chi connectivity index (χ1v) is 5.60. The van der Waals surface area contributed by atoms with Crippen molar-refractivity contribution in [3.05, 3.63) is 29.8 Å². The van der Waals surface area contributed by atoms with Crippen molar-refractivity contribution in [2.75, 3.05) is 13.2 Å². The summed E-state index contributed by atoms with van der Waals surface area (Å²) in [6.45, 7) is -0.0529. The van der Waals surface area contributed by atoms with Crippen LogP contribution in [0.4, 0.5) is 13.2 Å². The van der Waals surface area contributed by atoms with E-state index in [-0.39, 0.29) is 6.04 Å². The molecule has 0 bridgehead atoms. The molecular formula is C12H15F3N2O2. The van der Waals surface area contributed by atoms with Crippen LogP contribution in [0, 0.1) is 0 Å². The second-order valence-electron chi connectivity index (χ2n) is 4.04. The molecular weight excluding hydrogens is 261 g/mol. The Morgan fingerprint density at radius 3 is 2.74 bits per heavy atom. The number of hydrogen-bond acceptors (Lipinski definition) is 3. The largest absolute Gasteiger partial charge is 0.484 e. The average Bonchev–Trinajstić information content (AvgIpc) is 2.33. The third-order valence-corrected chi connectivity index (χ3v) is 2.24.